The average molecular weight is 268 g/mol. The molecule has 2 N–H and O–H groups in total. The summed E-state index contributed by atoms with van der Waals surface area (Å²) in [5, 5.41) is 9.63. The summed E-state index contributed by atoms with van der Waals surface area (Å²) in [4.78, 5) is 25.0. The second kappa shape index (κ2) is 5.20. The number of hydrogen-bond acceptors (Lipinski definition) is 3. The highest BCUT2D eigenvalue weighted by Crippen LogP contribution is 2.25. The Bertz CT molecular complexity index is 605. The molecular formula is C12H10ClNO4. The Morgan fingerprint density at radius 1 is 1.33 bits per heavy atom. The number of benzene rings is 1. The molecule has 0 atom stereocenters. The second-order valence-corrected chi connectivity index (χ2v) is 4.08. The maximum atomic E-state index is 11.8. The van der Waals surface area contributed by atoms with Gasteiger partial charge in [0.2, 0.25) is 0 Å². The fraction of sp³-hybridized carbons (Fsp3) is 0.167. The van der Waals surface area contributed by atoms with E-state index in [0.717, 1.165) is 0 Å². The van der Waals surface area contributed by atoms with Gasteiger partial charge in [0, 0.05) is 17.1 Å². The Morgan fingerprint density at radius 2 is 2.11 bits per heavy atom. The molecule has 2 aromatic rings. The number of nitrogens with one attached hydrogen (secondary N) is 1. The van der Waals surface area contributed by atoms with Crippen LogP contribution in [0.3, 0.4) is 0 Å². The summed E-state index contributed by atoms with van der Waals surface area (Å²) in [6.45, 7) is -0.763. The highest BCUT2D eigenvalue weighted by atomic mass is 35.5. The molecule has 0 bridgehead atoms. The third-order valence-electron chi connectivity index (χ3n) is 2.42. The van der Waals surface area contributed by atoms with Gasteiger partial charge in [0.1, 0.15) is 13.2 Å². The van der Waals surface area contributed by atoms with Crippen LogP contribution in [-0.2, 0) is 9.53 Å². The van der Waals surface area contributed by atoms with Gasteiger partial charge in [-0.2, -0.15) is 0 Å². The molecule has 0 fully saturated rings. The highest BCUT2D eigenvalue weighted by molar-refractivity contribution is 6.35. The first-order chi connectivity index (χ1) is 8.59. The van der Waals surface area contributed by atoms with Crippen LogP contribution in [0.4, 0.5) is 0 Å². The maximum Gasteiger partial charge on any atom is 0.329 e. The van der Waals surface area contributed by atoms with Crippen LogP contribution in [-0.4, -0.2) is 35.1 Å². The topological polar surface area (TPSA) is 79.4 Å². The molecule has 0 aliphatic rings. The molecule has 1 heterocycles. The van der Waals surface area contributed by atoms with Crippen LogP contribution in [0.1, 0.15) is 10.4 Å². The predicted octanol–water partition coefficient (Wildman–Crippen LogP) is 2.11. The van der Waals surface area contributed by atoms with Crippen molar-refractivity contribution < 1.29 is 19.4 Å². The number of aliphatic carboxylic acids is 1. The van der Waals surface area contributed by atoms with Gasteiger partial charge in [0.25, 0.3) is 0 Å². The smallest absolute Gasteiger partial charge is 0.329 e. The van der Waals surface area contributed by atoms with E-state index in [1.807, 2.05) is 0 Å². The Morgan fingerprint density at radius 3 is 2.83 bits per heavy atom. The lowest BCUT2D eigenvalue weighted by atomic mass is 10.1. The molecular weight excluding hydrogens is 258 g/mol. The normalized spacial score (nSPS) is 10.7. The Kier molecular flexibility index (Phi) is 3.64. The van der Waals surface area contributed by atoms with Crippen LogP contribution < -0.4 is 0 Å². The lowest BCUT2D eigenvalue weighted by Gasteiger charge is -2.00. The fourth-order valence-corrected chi connectivity index (χ4v) is 1.89. The number of fused-ring (bicyclic) bond motifs is 1. The standard InChI is InChI=1S/C12H10ClNO4/c13-9-3-1-2-7-8(4-14-12(7)9)10(15)5-18-6-11(16)17/h1-4,14H,5-6H2,(H,16,17). The van der Waals surface area contributed by atoms with Gasteiger partial charge in [0.15, 0.2) is 5.78 Å². The van der Waals surface area contributed by atoms with Crippen molar-refractivity contribution in [1.29, 1.82) is 0 Å². The number of para-hydroxylation sites is 1. The van der Waals surface area contributed by atoms with Crippen molar-refractivity contribution >= 4 is 34.3 Å². The van der Waals surface area contributed by atoms with Crippen molar-refractivity contribution in [1.82, 2.24) is 4.98 Å². The van der Waals surface area contributed by atoms with Gasteiger partial charge in [0.05, 0.1) is 10.5 Å². The number of ether oxygens (including phenoxy) is 1. The second-order valence-electron chi connectivity index (χ2n) is 3.67. The van der Waals surface area contributed by atoms with E-state index < -0.39 is 12.6 Å². The monoisotopic (exact) mass is 267 g/mol. The molecule has 0 amide bonds. The van der Waals surface area contributed by atoms with Gasteiger partial charge in [-0.05, 0) is 6.07 Å². The molecule has 0 saturated carbocycles. The Hall–Kier alpha value is -1.85. The highest BCUT2D eigenvalue weighted by Gasteiger charge is 2.13. The van der Waals surface area contributed by atoms with Gasteiger partial charge in [-0.1, -0.05) is 23.7 Å². The number of aromatic nitrogens is 1. The molecule has 0 aliphatic carbocycles. The summed E-state index contributed by atoms with van der Waals surface area (Å²) in [6, 6.07) is 5.23. The summed E-state index contributed by atoms with van der Waals surface area (Å²) in [5.74, 6) is -1.39. The van der Waals surface area contributed by atoms with E-state index in [1.54, 1.807) is 24.4 Å². The van der Waals surface area contributed by atoms with E-state index in [4.69, 9.17) is 21.4 Å². The molecule has 0 saturated heterocycles. The number of ketones is 1. The van der Waals surface area contributed by atoms with Gasteiger partial charge >= 0.3 is 5.97 Å². The number of H-pyrrole nitrogens is 1. The van der Waals surface area contributed by atoms with E-state index in [9.17, 15) is 9.59 Å². The first kappa shape index (κ1) is 12.6. The number of rotatable bonds is 5. The van der Waals surface area contributed by atoms with Crippen LogP contribution in [0.5, 0.6) is 0 Å². The van der Waals surface area contributed by atoms with E-state index in [2.05, 4.69) is 4.98 Å². The zero-order valence-electron chi connectivity index (χ0n) is 9.27. The SMILES string of the molecule is O=C(O)COCC(=O)c1c[nH]c2c(Cl)cccc12. The summed E-state index contributed by atoms with van der Waals surface area (Å²) in [7, 11) is 0. The molecule has 0 spiro atoms. The van der Waals surface area contributed by atoms with Crippen LogP contribution in [0.15, 0.2) is 24.4 Å². The lowest BCUT2D eigenvalue weighted by Crippen LogP contribution is -2.14. The van der Waals surface area contributed by atoms with Crippen molar-refractivity contribution in [3.63, 3.8) is 0 Å². The zero-order valence-corrected chi connectivity index (χ0v) is 10.0. The van der Waals surface area contributed by atoms with E-state index >= 15 is 0 Å². The molecule has 0 radical (unpaired) electrons. The number of halogens is 1. The van der Waals surface area contributed by atoms with Crippen LogP contribution in [0.2, 0.25) is 5.02 Å². The summed E-state index contributed by atoms with van der Waals surface area (Å²) in [6.07, 6.45) is 1.54. The number of aromatic amines is 1. The number of carbonyl (C=O) groups excluding carboxylic acids is 1. The van der Waals surface area contributed by atoms with Crippen LogP contribution in [0, 0.1) is 0 Å². The quantitative estimate of drug-likeness (QED) is 0.813. The molecule has 94 valence electrons. The first-order valence-corrected chi connectivity index (χ1v) is 5.55. The number of Topliss-reactive ketones (excluding diaryl/α,β-unsaturated/α-hetero) is 1. The third kappa shape index (κ3) is 2.52. The summed E-state index contributed by atoms with van der Waals surface area (Å²) >= 11 is 5.97. The molecule has 5 nitrogen and oxygen atoms in total. The van der Waals surface area contributed by atoms with E-state index in [0.29, 0.717) is 21.5 Å². The number of carbonyl (C=O) groups is 2. The molecule has 0 aliphatic heterocycles. The average Bonchev–Trinajstić information content (AvgIpc) is 2.73. The number of hydrogen-bond donors (Lipinski definition) is 2. The third-order valence-corrected chi connectivity index (χ3v) is 2.74. The van der Waals surface area contributed by atoms with Crippen molar-refractivity contribution in [2.75, 3.05) is 13.2 Å². The van der Waals surface area contributed by atoms with Gasteiger partial charge in [-0.15, -0.1) is 0 Å². The lowest BCUT2D eigenvalue weighted by molar-refractivity contribution is -0.141. The minimum Gasteiger partial charge on any atom is -0.480 e. The minimum absolute atomic E-state index is 0.272. The molecule has 18 heavy (non-hydrogen) atoms. The Labute approximate surface area is 107 Å². The van der Waals surface area contributed by atoms with Gasteiger partial charge in [-0.3, -0.25) is 4.79 Å². The predicted molar refractivity (Wildman–Crippen MR) is 66.1 cm³/mol. The van der Waals surface area contributed by atoms with E-state index in [1.165, 1.54) is 0 Å². The largest absolute Gasteiger partial charge is 0.480 e. The number of carboxylic acids is 1. The van der Waals surface area contributed by atoms with Crippen molar-refractivity contribution in [3.05, 3.63) is 35.0 Å². The first-order valence-electron chi connectivity index (χ1n) is 5.18. The Balaban J connectivity index is 2.18. The summed E-state index contributed by atoms with van der Waals surface area (Å²) < 4.78 is 4.76. The van der Waals surface area contributed by atoms with E-state index in [-0.39, 0.29) is 12.4 Å². The van der Waals surface area contributed by atoms with Crippen LogP contribution in [0.25, 0.3) is 10.9 Å². The van der Waals surface area contributed by atoms with Crippen LogP contribution >= 0.6 is 11.6 Å². The molecule has 6 heteroatoms. The van der Waals surface area contributed by atoms with Crippen molar-refractivity contribution in [2.45, 2.75) is 0 Å². The van der Waals surface area contributed by atoms with Gasteiger partial charge < -0.3 is 14.8 Å². The van der Waals surface area contributed by atoms with Crippen molar-refractivity contribution in [2.24, 2.45) is 0 Å². The number of carboxylic acid groups (broad SMARTS) is 1. The molecule has 0 unspecified atom stereocenters. The molecule has 1 aromatic heterocycles. The molecule has 1 aromatic carbocycles. The minimum atomic E-state index is -1.11. The fourth-order valence-electron chi connectivity index (χ4n) is 1.66. The maximum absolute atomic E-state index is 11.8. The van der Waals surface area contributed by atoms with Gasteiger partial charge in [-0.25, -0.2) is 4.79 Å². The zero-order chi connectivity index (χ0) is 13.1. The summed E-state index contributed by atoms with van der Waals surface area (Å²) in [5.41, 5.74) is 1.12. The molecule has 2 rings (SSSR count). The van der Waals surface area contributed by atoms with Crippen molar-refractivity contribution in [3.8, 4) is 0 Å².